The predicted molar refractivity (Wildman–Crippen MR) is 79.3 cm³/mol. The predicted octanol–water partition coefficient (Wildman–Crippen LogP) is 2.72. The van der Waals surface area contributed by atoms with Gasteiger partial charge in [-0.25, -0.2) is 8.42 Å². The molecule has 0 bridgehead atoms. The fourth-order valence-corrected chi connectivity index (χ4v) is 3.74. The summed E-state index contributed by atoms with van der Waals surface area (Å²) in [7, 11) is -2.28. The molecule has 21 heavy (non-hydrogen) atoms. The van der Waals surface area contributed by atoms with Gasteiger partial charge in [0, 0.05) is 0 Å². The molecule has 0 spiro atoms. The van der Waals surface area contributed by atoms with Crippen LogP contribution < -0.4 is 9.46 Å². The van der Waals surface area contributed by atoms with Gasteiger partial charge in [0.2, 0.25) is 0 Å². The number of benzene rings is 1. The van der Waals surface area contributed by atoms with Crippen LogP contribution in [0.2, 0.25) is 0 Å². The molecule has 2 rings (SSSR count). The van der Waals surface area contributed by atoms with Gasteiger partial charge in [0.05, 0.1) is 12.8 Å². The minimum atomic E-state index is -3.78. The number of nitrogens with zero attached hydrogens (tertiary/aromatic N) is 1. The van der Waals surface area contributed by atoms with Crippen molar-refractivity contribution in [2.75, 3.05) is 11.8 Å². The number of aryl methyl sites for hydroxylation is 4. The molecule has 1 aromatic heterocycles. The molecule has 0 aliphatic carbocycles. The van der Waals surface area contributed by atoms with Gasteiger partial charge in [0.25, 0.3) is 10.0 Å². The number of ether oxygens (including phenoxy) is 1. The highest BCUT2D eigenvalue weighted by molar-refractivity contribution is 7.92. The Balaban J connectivity index is 2.52. The number of sulfonamides is 1. The summed E-state index contributed by atoms with van der Waals surface area (Å²) in [6.07, 6.45) is 0. The highest BCUT2D eigenvalue weighted by atomic mass is 32.2. The lowest BCUT2D eigenvalue weighted by Gasteiger charge is -2.14. The molecule has 0 radical (unpaired) electrons. The van der Waals surface area contributed by atoms with Gasteiger partial charge in [0.1, 0.15) is 11.4 Å². The molecule has 2 aromatic rings. The van der Waals surface area contributed by atoms with E-state index in [2.05, 4.69) is 9.88 Å². The first-order valence-electron chi connectivity index (χ1n) is 6.37. The fraction of sp³-hybridized carbons (Fsp3) is 0.357. The van der Waals surface area contributed by atoms with Gasteiger partial charge in [-0.15, -0.1) is 0 Å². The van der Waals surface area contributed by atoms with Crippen LogP contribution in [-0.2, 0) is 10.0 Å². The number of hydrogen-bond donors (Lipinski definition) is 1. The molecule has 6 nitrogen and oxygen atoms in total. The summed E-state index contributed by atoms with van der Waals surface area (Å²) in [6, 6.07) is 3.65. The number of anilines is 1. The molecule has 0 saturated heterocycles. The SMILES string of the molecule is COc1c(C)cc(C)cc1NS(=O)(=O)c1c(C)noc1C. The first-order chi connectivity index (χ1) is 9.76. The van der Waals surface area contributed by atoms with Crippen molar-refractivity contribution in [2.45, 2.75) is 32.6 Å². The molecule has 0 amide bonds. The zero-order valence-electron chi connectivity index (χ0n) is 12.6. The van der Waals surface area contributed by atoms with Crippen molar-refractivity contribution < 1.29 is 17.7 Å². The average Bonchev–Trinajstić information content (AvgIpc) is 2.68. The number of hydrogen-bond acceptors (Lipinski definition) is 5. The summed E-state index contributed by atoms with van der Waals surface area (Å²) < 4.78 is 37.8. The smallest absolute Gasteiger partial charge is 0.267 e. The molecule has 0 fully saturated rings. The molecule has 1 heterocycles. The topological polar surface area (TPSA) is 81.4 Å². The van der Waals surface area contributed by atoms with Gasteiger partial charge in [-0.2, -0.15) is 0 Å². The molecule has 0 saturated carbocycles. The lowest BCUT2D eigenvalue weighted by Crippen LogP contribution is -2.15. The third kappa shape index (κ3) is 2.87. The minimum Gasteiger partial charge on any atom is -0.494 e. The summed E-state index contributed by atoms with van der Waals surface area (Å²) in [6.45, 7) is 6.90. The lowest BCUT2D eigenvalue weighted by molar-refractivity contribution is 0.390. The van der Waals surface area contributed by atoms with E-state index >= 15 is 0 Å². The van der Waals surface area contributed by atoms with Crippen molar-refractivity contribution in [2.24, 2.45) is 0 Å². The Morgan fingerprint density at radius 1 is 1.19 bits per heavy atom. The summed E-state index contributed by atoms with van der Waals surface area (Å²) in [4.78, 5) is 0.0590. The van der Waals surface area contributed by atoms with Crippen molar-refractivity contribution in [1.82, 2.24) is 5.16 Å². The maximum absolute atomic E-state index is 12.5. The average molecular weight is 310 g/mol. The quantitative estimate of drug-likeness (QED) is 0.939. The molecular weight excluding hydrogens is 292 g/mol. The van der Waals surface area contributed by atoms with E-state index in [1.807, 2.05) is 19.9 Å². The second kappa shape index (κ2) is 5.40. The van der Waals surface area contributed by atoms with Gasteiger partial charge in [-0.3, -0.25) is 4.72 Å². The van der Waals surface area contributed by atoms with Crippen LogP contribution in [0.4, 0.5) is 5.69 Å². The van der Waals surface area contributed by atoms with Gasteiger partial charge < -0.3 is 9.26 Å². The third-order valence-electron chi connectivity index (χ3n) is 3.10. The number of nitrogens with one attached hydrogen (secondary N) is 1. The van der Waals surface area contributed by atoms with Gasteiger partial charge in [-0.05, 0) is 44.9 Å². The van der Waals surface area contributed by atoms with Crippen LogP contribution >= 0.6 is 0 Å². The summed E-state index contributed by atoms with van der Waals surface area (Å²) in [5, 5.41) is 3.68. The van der Waals surface area contributed by atoms with Crippen LogP contribution in [0.5, 0.6) is 5.75 Å². The summed E-state index contributed by atoms with van der Waals surface area (Å²) in [5.41, 5.74) is 2.51. The summed E-state index contributed by atoms with van der Waals surface area (Å²) in [5.74, 6) is 0.749. The van der Waals surface area contributed by atoms with E-state index in [1.54, 1.807) is 19.9 Å². The molecule has 0 aliphatic heterocycles. The van der Waals surface area contributed by atoms with Gasteiger partial charge in [0.15, 0.2) is 10.7 Å². The Morgan fingerprint density at radius 2 is 1.86 bits per heavy atom. The maximum Gasteiger partial charge on any atom is 0.267 e. The minimum absolute atomic E-state index is 0.0590. The van der Waals surface area contributed by atoms with Crippen LogP contribution in [0.1, 0.15) is 22.6 Å². The second-order valence-electron chi connectivity index (χ2n) is 4.92. The van der Waals surface area contributed by atoms with E-state index in [9.17, 15) is 8.42 Å². The largest absolute Gasteiger partial charge is 0.494 e. The number of methoxy groups -OCH3 is 1. The first-order valence-corrected chi connectivity index (χ1v) is 7.85. The molecule has 114 valence electrons. The van der Waals surface area contributed by atoms with E-state index < -0.39 is 10.0 Å². The van der Waals surface area contributed by atoms with Crippen molar-refractivity contribution >= 4 is 15.7 Å². The molecule has 0 aliphatic rings. The Bertz CT molecular complexity index is 759. The van der Waals surface area contributed by atoms with Gasteiger partial charge in [-0.1, -0.05) is 11.2 Å². The Kier molecular flexibility index (Phi) is 3.95. The van der Waals surface area contributed by atoms with E-state index in [1.165, 1.54) is 7.11 Å². The molecule has 0 unspecified atom stereocenters. The molecular formula is C14H18N2O4S. The zero-order chi connectivity index (χ0) is 15.8. The molecule has 7 heteroatoms. The molecule has 0 atom stereocenters. The van der Waals surface area contributed by atoms with E-state index in [0.717, 1.165) is 11.1 Å². The van der Waals surface area contributed by atoms with E-state index in [-0.39, 0.29) is 10.7 Å². The third-order valence-corrected chi connectivity index (χ3v) is 4.71. The standard InChI is InChI=1S/C14H18N2O4S/c1-8-6-9(2)13(19-5)12(7-8)16-21(17,18)14-10(3)15-20-11(14)4/h6-7,16H,1-5H3. The highest BCUT2D eigenvalue weighted by Gasteiger charge is 2.25. The second-order valence-corrected chi connectivity index (χ2v) is 6.54. The number of aromatic nitrogens is 1. The van der Waals surface area contributed by atoms with E-state index in [4.69, 9.17) is 9.26 Å². The van der Waals surface area contributed by atoms with Gasteiger partial charge >= 0.3 is 0 Å². The molecule has 1 N–H and O–H groups in total. The molecule has 1 aromatic carbocycles. The zero-order valence-corrected chi connectivity index (χ0v) is 13.5. The van der Waals surface area contributed by atoms with Crippen molar-refractivity contribution in [3.05, 3.63) is 34.7 Å². The lowest BCUT2D eigenvalue weighted by atomic mass is 10.1. The Hall–Kier alpha value is -2.02. The fourth-order valence-electron chi connectivity index (χ4n) is 2.36. The van der Waals surface area contributed by atoms with E-state index in [0.29, 0.717) is 17.1 Å². The Morgan fingerprint density at radius 3 is 2.38 bits per heavy atom. The summed E-state index contributed by atoms with van der Waals surface area (Å²) >= 11 is 0. The maximum atomic E-state index is 12.5. The monoisotopic (exact) mass is 310 g/mol. The van der Waals surface area contributed by atoms with Crippen molar-refractivity contribution in [3.8, 4) is 5.75 Å². The van der Waals surface area contributed by atoms with Crippen molar-refractivity contribution in [1.29, 1.82) is 0 Å². The van der Waals surface area contributed by atoms with Crippen LogP contribution in [0, 0.1) is 27.7 Å². The number of rotatable bonds is 4. The van der Waals surface area contributed by atoms with Crippen LogP contribution in [0.25, 0.3) is 0 Å². The van der Waals surface area contributed by atoms with Crippen LogP contribution in [-0.4, -0.2) is 20.7 Å². The van der Waals surface area contributed by atoms with Crippen molar-refractivity contribution in [3.63, 3.8) is 0 Å². The highest BCUT2D eigenvalue weighted by Crippen LogP contribution is 2.32. The Labute approximate surface area is 124 Å². The normalized spacial score (nSPS) is 11.5. The van der Waals surface area contributed by atoms with Crippen LogP contribution in [0.15, 0.2) is 21.6 Å². The van der Waals surface area contributed by atoms with Crippen LogP contribution in [0.3, 0.4) is 0 Å². The first kappa shape index (κ1) is 15.4.